The van der Waals surface area contributed by atoms with Crippen LogP contribution in [-0.2, 0) is 4.79 Å². The summed E-state index contributed by atoms with van der Waals surface area (Å²) in [5, 5.41) is 3.93. The zero-order chi connectivity index (χ0) is 11.8. The maximum atomic E-state index is 12.5. The third-order valence-corrected chi connectivity index (χ3v) is 5.32. The Morgan fingerprint density at radius 2 is 2.25 bits per heavy atom. The first-order chi connectivity index (χ1) is 7.54. The van der Waals surface area contributed by atoms with Gasteiger partial charge in [0.05, 0.1) is 5.54 Å². The molecule has 2 aliphatic heterocycles. The molecule has 0 saturated carbocycles. The number of carbonyl (C=O) groups is 1. The Hall–Kier alpha value is -0.220. The van der Waals surface area contributed by atoms with E-state index in [1.165, 1.54) is 0 Å². The second kappa shape index (κ2) is 4.57. The van der Waals surface area contributed by atoms with Crippen LogP contribution in [0.3, 0.4) is 0 Å². The molecule has 0 aliphatic carbocycles. The van der Waals surface area contributed by atoms with Gasteiger partial charge in [-0.25, -0.2) is 0 Å². The van der Waals surface area contributed by atoms with Gasteiger partial charge in [-0.1, -0.05) is 6.92 Å². The highest BCUT2D eigenvalue weighted by Gasteiger charge is 2.41. The number of carbonyl (C=O) groups excluding carboxylic acids is 1. The highest BCUT2D eigenvalue weighted by molar-refractivity contribution is 8.00. The van der Waals surface area contributed by atoms with Gasteiger partial charge < -0.3 is 10.2 Å². The molecule has 0 aromatic heterocycles. The smallest absolute Gasteiger partial charge is 0.242 e. The van der Waals surface area contributed by atoms with Gasteiger partial charge in [0.15, 0.2) is 0 Å². The lowest BCUT2D eigenvalue weighted by Gasteiger charge is -2.41. The van der Waals surface area contributed by atoms with E-state index in [2.05, 4.69) is 31.0 Å². The number of nitrogens with one attached hydrogen (secondary N) is 1. The fourth-order valence-corrected chi connectivity index (χ4v) is 3.71. The van der Waals surface area contributed by atoms with Gasteiger partial charge in [0.2, 0.25) is 5.91 Å². The van der Waals surface area contributed by atoms with Crippen LogP contribution in [0.15, 0.2) is 0 Å². The first-order valence-corrected chi connectivity index (χ1v) is 7.27. The minimum absolute atomic E-state index is 0.296. The van der Waals surface area contributed by atoms with Gasteiger partial charge in [-0.3, -0.25) is 4.79 Å². The van der Waals surface area contributed by atoms with Crippen LogP contribution in [0.2, 0.25) is 0 Å². The average molecular weight is 242 g/mol. The monoisotopic (exact) mass is 242 g/mol. The van der Waals surface area contributed by atoms with Gasteiger partial charge in [0, 0.05) is 23.6 Å². The largest absolute Gasteiger partial charge is 0.336 e. The molecule has 3 unspecified atom stereocenters. The number of hydrogen-bond acceptors (Lipinski definition) is 3. The highest BCUT2D eigenvalue weighted by Crippen LogP contribution is 2.29. The number of amides is 1. The van der Waals surface area contributed by atoms with Crippen LogP contribution in [0.5, 0.6) is 0 Å². The highest BCUT2D eigenvalue weighted by atomic mass is 32.2. The van der Waals surface area contributed by atoms with Crippen molar-refractivity contribution in [3.8, 4) is 0 Å². The van der Waals surface area contributed by atoms with Crippen molar-refractivity contribution in [2.24, 2.45) is 0 Å². The SMILES string of the molecule is CC1SCCN(C(=O)C2(C)CCCN2)C1C. The van der Waals surface area contributed by atoms with Crippen molar-refractivity contribution >= 4 is 17.7 Å². The molecule has 1 N–H and O–H groups in total. The Morgan fingerprint density at radius 1 is 1.50 bits per heavy atom. The molecule has 0 spiro atoms. The molecule has 2 heterocycles. The lowest BCUT2D eigenvalue weighted by molar-refractivity contribution is -0.139. The van der Waals surface area contributed by atoms with Crippen LogP contribution >= 0.6 is 11.8 Å². The van der Waals surface area contributed by atoms with E-state index in [4.69, 9.17) is 0 Å². The molecule has 2 fully saturated rings. The molecule has 2 saturated heterocycles. The molecule has 3 nitrogen and oxygen atoms in total. The van der Waals surface area contributed by atoms with Crippen LogP contribution in [0, 0.1) is 0 Å². The Bertz CT molecular complexity index is 276. The summed E-state index contributed by atoms with van der Waals surface area (Å²) in [7, 11) is 0. The molecule has 16 heavy (non-hydrogen) atoms. The van der Waals surface area contributed by atoms with E-state index in [-0.39, 0.29) is 5.54 Å². The van der Waals surface area contributed by atoms with E-state index in [0.717, 1.165) is 31.7 Å². The van der Waals surface area contributed by atoms with E-state index in [9.17, 15) is 4.79 Å². The molecule has 1 amide bonds. The van der Waals surface area contributed by atoms with Crippen molar-refractivity contribution in [2.45, 2.75) is 50.4 Å². The lowest BCUT2D eigenvalue weighted by Crippen LogP contribution is -2.58. The molecule has 0 bridgehead atoms. The fourth-order valence-electron chi connectivity index (χ4n) is 2.61. The van der Waals surface area contributed by atoms with E-state index >= 15 is 0 Å². The van der Waals surface area contributed by atoms with Gasteiger partial charge >= 0.3 is 0 Å². The van der Waals surface area contributed by atoms with E-state index in [1.807, 2.05) is 11.8 Å². The van der Waals surface area contributed by atoms with Crippen molar-refractivity contribution in [3.63, 3.8) is 0 Å². The zero-order valence-electron chi connectivity index (χ0n) is 10.5. The lowest BCUT2D eigenvalue weighted by atomic mass is 9.97. The van der Waals surface area contributed by atoms with Crippen molar-refractivity contribution in [1.29, 1.82) is 0 Å². The maximum absolute atomic E-state index is 12.5. The molecule has 4 heteroatoms. The summed E-state index contributed by atoms with van der Waals surface area (Å²) < 4.78 is 0. The Labute approximate surface area is 102 Å². The zero-order valence-corrected chi connectivity index (χ0v) is 11.3. The van der Waals surface area contributed by atoms with Crippen LogP contribution < -0.4 is 5.32 Å². The predicted molar refractivity (Wildman–Crippen MR) is 68.7 cm³/mol. The van der Waals surface area contributed by atoms with Crippen LogP contribution in [0.4, 0.5) is 0 Å². The topological polar surface area (TPSA) is 32.3 Å². The Morgan fingerprint density at radius 3 is 2.88 bits per heavy atom. The van der Waals surface area contributed by atoms with E-state index < -0.39 is 0 Å². The summed E-state index contributed by atoms with van der Waals surface area (Å²) in [6.45, 7) is 8.34. The summed E-state index contributed by atoms with van der Waals surface area (Å²) in [4.78, 5) is 14.6. The van der Waals surface area contributed by atoms with Crippen molar-refractivity contribution < 1.29 is 4.79 Å². The standard InChI is InChI=1S/C12H22N2OS/c1-9-10(2)16-8-7-14(9)11(15)12(3)5-4-6-13-12/h9-10,13H,4-8H2,1-3H3. The Balaban J connectivity index is 2.08. The molecule has 92 valence electrons. The summed E-state index contributed by atoms with van der Waals surface area (Å²) in [6, 6.07) is 0.366. The van der Waals surface area contributed by atoms with Gasteiger partial charge in [-0.2, -0.15) is 11.8 Å². The summed E-state index contributed by atoms with van der Waals surface area (Å²) in [5.41, 5.74) is -0.296. The fraction of sp³-hybridized carbons (Fsp3) is 0.917. The summed E-state index contributed by atoms with van der Waals surface area (Å²) in [6.07, 6.45) is 2.10. The average Bonchev–Trinajstić information content (AvgIpc) is 2.70. The third kappa shape index (κ3) is 2.09. The first-order valence-electron chi connectivity index (χ1n) is 6.22. The van der Waals surface area contributed by atoms with Crippen LogP contribution in [0.25, 0.3) is 0 Å². The first kappa shape index (κ1) is 12.2. The van der Waals surface area contributed by atoms with Crippen molar-refractivity contribution in [2.75, 3.05) is 18.8 Å². The van der Waals surface area contributed by atoms with Gasteiger partial charge in [0.25, 0.3) is 0 Å². The number of hydrogen-bond donors (Lipinski definition) is 1. The molecule has 3 atom stereocenters. The van der Waals surface area contributed by atoms with Gasteiger partial charge in [-0.05, 0) is 33.2 Å². The molecule has 2 aliphatic rings. The normalized spacial score (nSPS) is 40.1. The van der Waals surface area contributed by atoms with Gasteiger partial charge in [0.1, 0.15) is 0 Å². The Kier molecular flexibility index (Phi) is 3.50. The molecule has 2 rings (SSSR count). The van der Waals surface area contributed by atoms with Crippen LogP contribution in [0.1, 0.15) is 33.6 Å². The summed E-state index contributed by atoms with van der Waals surface area (Å²) in [5.74, 6) is 1.39. The summed E-state index contributed by atoms with van der Waals surface area (Å²) >= 11 is 1.97. The minimum Gasteiger partial charge on any atom is -0.336 e. The molecule has 0 aromatic carbocycles. The quantitative estimate of drug-likeness (QED) is 0.756. The van der Waals surface area contributed by atoms with Gasteiger partial charge in [-0.15, -0.1) is 0 Å². The molecular formula is C12H22N2OS. The third-order valence-electron chi connectivity index (χ3n) is 3.99. The minimum atomic E-state index is -0.296. The van der Waals surface area contributed by atoms with Crippen molar-refractivity contribution in [3.05, 3.63) is 0 Å². The second-order valence-corrected chi connectivity index (χ2v) is 6.66. The number of thioether (sulfide) groups is 1. The number of nitrogens with zero attached hydrogens (tertiary/aromatic N) is 1. The molecular weight excluding hydrogens is 220 g/mol. The number of rotatable bonds is 1. The molecule has 0 aromatic rings. The molecule has 0 radical (unpaired) electrons. The van der Waals surface area contributed by atoms with E-state index in [1.54, 1.807) is 0 Å². The van der Waals surface area contributed by atoms with Crippen LogP contribution in [-0.4, -0.2) is 46.5 Å². The maximum Gasteiger partial charge on any atom is 0.242 e. The second-order valence-electron chi connectivity index (χ2n) is 5.18. The predicted octanol–water partition coefficient (Wildman–Crippen LogP) is 1.48. The van der Waals surface area contributed by atoms with E-state index in [0.29, 0.717) is 17.2 Å². The van der Waals surface area contributed by atoms with Crippen molar-refractivity contribution in [1.82, 2.24) is 10.2 Å².